The van der Waals surface area contributed by atoms with E-state index < -0.39 is 0 Å². The van der Waals surface area contributed by atoms with Crippen LogP contribution in [0.5, 0.6) is 0 Å². The smallest absolute Gasteiger partial charge is 0.283 e. The number of furan rings is 1. The number of hydrogen-bond donors (Lipinski definition) is 0. The first kappa shape index (κ1) is 19.6. The van der Waals surface area contributed by atoms with Crippen LogP contribution in [-0.4, -0.2) is 25.0 Å². The Morgan fingerprint density at radius 1 is 0.968 bits per heavy atom. The molecule has 31 heavy (non-hydrogen) atoms. The van der Waals surface area contributed by atoms with Gasteiger partial charge in [0.05, 0.1) is 12.0 Å². The van der Waals surface area contributed by atoms with Crippen LogP contribution < -0.4 is 0 Å². The number of rotatable bonds is 6. The summed E-state index contributed by atoms with van der Waals surface area (Å²) in [4.78, 5) is 0. The minimum Gasteiger partial charge on any atom is -0.459 e. The topological polar surface area (TPSA) is 82.8 Å². The zero-order valence-corrected chi connectivity index (χ0v) is 18.0. The zero-order valence-electron chi connectivity index (χ0n) is 16.4. The molecule has 7 nitrogen and oxygen atoms in total. The normalized spacial score (nSPS) is 11.2. The van der Waals surface area contributed by atoms with Crippen molar-refractivity contribution in [2.75, 3.05) is 0 Å². The minimum atomic E-state index is 0.350. The van der Waals surface area contributed by atoms with Gasteiger partial charge in [-0.1, -0.05) is 35.5 Å². The monoisotopic (exact) mass is 449 g/mol. The maximum atomic E-state index is 6.06. The van der Waals surface area contributed by atoms with Crippen LogP contribution in [0.4, 0.5) is 0 Å². The largest absolute Gasteiger partial charge is 0.459 e. The van der Waals surface area contributed by atoms with Gasteiger partial charge in [0.25, 0.3) is 5.89 Å². The van der Waals surface area contributed by atoms with Gasteiger partial charge in [-0.05, 0) is 61.0 Å². The summed E-state index contributed by atoms with van der Waals surface area (Å²) in [6.45, 7) is 2.05. The summed E-state index contributed by atoms with van der Waals surface area (Å²) >= 11 is 7.53. The fraction of sp³-hybridized carbons (Fsp3) is 0.0909. The predicted molar refractivity (Wildman–Crippen MR) is 118 cm³/mol. The number of halogens is 1. The molecule has 0 saturated carbocycles. The summed E-state index contributed by atoms with van der Waals surface area (Å²) < 4.78 is 13.0. The second kappa shape index (κ2) is 8.41. The molecule has 0 amide bonds. The van der Waals surface area contributed by atoms with Crippen LogP contribution in [0.2, 0.25) is 5.02 Å². The maximum absolute atomic E-state index is 6.06. The Balaban J connectivity index is 1.47. The van der Waals surface area contributed by atoms with Crippen LogP contribution in [-0.2, 0) is 5.75 Å². The van der Waals surface area contributed by atoms with E-state index in [-0.39, 0.29) is 0 Å². The molecule has 5 rings (SSSR count). The number of nitrogens with zero attached hydrogens (tertiary/aromatic N) is 5. The van der Waals surface area contributed by atoms with E-state index in [2.05, 4.69) is 39.5 Å². The quantitative estimate of drug-likeness (QED) is 0.301. The molecule has 0 saturated heterocycles. The van der Waals surface area contributed by atoms with Crippen LogP contribution in [0.3, 0.4) is 0 Å². The maximum Gasteiger partial charge on any atom is 0.283 e. The molecule has 0 bridgehead atoms. The van der Waals surface area contributed by atoms with Gasteiger partial charge in [-0.15, -0.1) is 20.4 Å². The van der Waals surface area contributed by atoms with E-state index in [0.29, 0.717) is 33.5 Å². The molecule has 0 aliphatic carbocycles. The van der Waals surface area contributed by atoms with Gasteiger partial charge in [0.1, 0.15) is 0 Å². The fourth-order valence-corrected chi connectivity index (χ4v) is 4.00. The number of aryl methyl sites for hydroxylation is 1. The Kier molecular flexibility index (Phi) is 5.31. The van der Waals surface area contributed by atoms with Crippen molar-refractivity contribution in [1.29, 1.82) is 0 Å². The highest BCUT2D eigenvalue weighted by Gasteiger charge is 2.18. The molecule has 3 heterocycles. The van der Waals surface area contributed by atoms with E-state index in [9.17, 15) is 0 Å². The lowest BCUT2D eigenvalue weighted by Gasteiger charge is -2.11. The van der Waals surface area contributed by atoms with Crippen molar-refractivity contribution in [2.45, 2.75) is 17.8 Å². The summed E-state index contributed by atoms with van der Waals surface area (Å²) in [5.41, 5.74) is 3.03. The van der Waals surface area contributed by atoms with Gasteiger partial charge in [0, 0.05) is 16.3 Å². The van der Waals surface area contributed by atoms with Crippen molar-refractivity contribution in [1.82, 2.24) is 25.0 Å². The third-order valence-corrected chi connectivity index (χ3v) is 5.68. The van der Waals surface area contributed by atoms with Crippen LogP contribution in [0.15, 0.2) is 80.9 Å². The standard InChI is InChI=1S/C22H16ClN5O2S/c1-14-4-2-5-17(12-14)28-20(15-7-9-16(23)10-8-15)25-27-22(28)31-13-19-24-26-21(30-19)18-6-3-11-29-18/h2-12H,13H2,1H3. The van der Waals surface area contributed by atoms with E-state index in [4.69, 9.17) is 20.4 Å². The molecule has 0 spiro atoms. The Morgan fingerprint density at radius 3 is 2.61 bits per heavy atom. The van der Waals surface area contributed by atoms with Crippen molar-refractivity contribution in [3.63, 3.8) is 0 Å². The lowest BCUT2D eigenvalue weighted by atomic mass is 10.2. The zero-order chi connectivity index (χ0) is 21.2. The van der Waals surface area contributed by atoms with E-state index in [1.165, 1.54) is 11.8 Å². The highest BCUT2D eigenvalue weighted by molar-refractivity contribution is 7.98. The second-order valence-electron chi connectivity index (χ2n) is 6.75. The van der Waals surface area contributed by atoms with Crippen molar-refractivity contribution < 1.29 is 8.83 Å². The van der Waals surface area contributed by atoms with Crippen molar-refractivity contribution in [2.24, 2.45) is 0 Å². The molecule has 3 aromatic heterocycles. The molecule has 0 aliphatic rings. The van der Waals surface area contributed by atoms with Gasteiger partial charge >= 0.3 is 0 Å². The summed E-state index contributed by atoms with van der Waals surface area (Å²) in [5.74, 6) is 2.53. The van der Waals surface area contributed by atoms with Crippen molar-refractivity contribution >= 4 is 23.4 Å². The van der Waals surface area contributed by atoms with Gasteiger partial charge in [0.15, 0.2) is 16.7 Å². The first-order valence-electron chi connectivity index (χ1n) is 9.45. The summed E-state index contributed by atoms with van der Waals surface area (Å²) in [7, 11) is 0. The van der Waals surface area contributed by atoms with Crippen molar-refractivity contribution in [3.05, 3.63) is 83.4 Å². The molecule has 0 unspecified atom stereocenters. The Morgan fingerprint density at radius 2 is 1.84 bits per heavy atom. The molecule has 154 valence electrons. The first-order chi connectivity index (χ1) is 15.2. The lowest BCUT2D eigenvalue weighted by molar-refractivity contribution is 0.494. The molecular formula is C22H16ClN5O2S. The fourth-order valence-electron chi connectivity index (χ4n) is 3.09. The van der Waals surface area contributed by atoms with Crippen molar-refractivity contribution in [3.8, 4) is 28.7 Å². The van der Waals surface area contributed by atoms with Crippen LogP contribution in [0.1, 0.15) is 11.5 Å². The molecule has 0 atom stereocenters. The second-order valence-corrected chi connectivity index (χ2v) is 8.13. The van der Waals surface area contributed by atoms with E-state index in [1.807, 2.05) is 41.0 Å². The van der Waals surface area contributed by atoms with E-state index in [1.54, 1.807) is 18.4 Å². The highest BCUT2D eigenvalue weighted by atomic mass is 35.5. The van der Waals surface area contributed by atoms with E-state index in [0.717, 1.165) is 22.6 Å². The average molecular weight is 450 g/mol. The third-order valence-electron chi connectivity index (χ3n) is 4.52. The summed E-state index contributed by atoms with van der Waals surface area (Å²) in [6.07, 6.45) is 1.57. The first-order valence-corrected chi connectivity index (χ1v) is 10.8. The third kappa shape index (κ3) is 4.12. The Labute approximate surface area is 187 Å². The van der Waals surface area contributed by atoms with Gasteiger partial charge < -0.3 is 8.83 Å². The molecule has 2 aromatic carbocycles. The molecular weight excluding hydrogens is 434 g/mol. The highest BCUT2D eigenvalue weighted by Crippen LogP contribution is 2.31. The predicted octanol–water partition coefficient (Wildman–Crippen LogP) is 5.83. The summed E-state index contributed by atoms with van der Waals surface area (Å²) in [6, 6.07) is 19.3. The number of benzene rings is 2. The molecule has 9 heteroatoms. The number of aromatic nitrogens is 5. The van der Waals surface area contributed by atoms with Gasteiger partial charge in [0.2, 0.25) is 5.89 Å². The lowest BCUT2D eigenvalue weighted by Crippen LogP contribution is -2.00. The minimum absolute atomic E-state index is 0.350. The SMILES string of the molecule is Cc1cccc(-n2c(SCc3nnc(-c4ccco4)o3)nnc2-c2ccc(Cl)cc2)c1. The molecule has 0 aliphatic heterocycles. The van der Waals surface area contributed by atoms with Gasteiger partial charge in [-0.3, -0.25) is 4.57 Å². The number of hydrogen-bond acceptors (Lipinski definition) is 7. The molecule has 0 fully saturated rings. The van der Waals surface area contributed by atoms with Crippen LogP contribution in [0.25, 0.3) is 28.7 Å². The number of thioether (sulfide) groups is 1. The van der Waals surface area contributed by atoms with Gasteiger partial charge in [-0.2, -0.15) is 0 Å². The Bertz CT molecular complexity index is 1310. The van der Waals surface area contributed by atoms with Crippen LogP contribution >= 0.6 is 23.4 Å². The van der Waals surface area contributed by atoms with E-state index >= 15 is 0 Å². The average Bonchev–Trinajstić information content (AvgIpc) is 3.52. The molecule has 5 aromatic rings. The molecule has 0 N–H and O–H groups in total. The van der Waals surface area contributed by atoms with Gasteiger partial charge in [-0.25, -0.2) is 0 Å². The Hall–Kier alpha value is -3.36. The van der Waals surface area contributed by atoms with Crippen LogP contribution in [0, 0.1) is 6.92 Å². The summed E-state index contributed by atoms with van der Waals surface area (Å²) in [5, 5.41) is 18.4. The molecule has 0 radical (unpaired) electrons.